The van der Waals surface area contributed by atoms with Gasteiger partial charge in [-0.1, -0.05) is 44.9 Å². The summed E-state index contributed by atoms with van der Waals surface area (Å²) in [6, 6.07) is 30.5. The highest BCUT2D eigenvalue weighted by Gasteiger charge is 2.38. The maximum atomic E-state index is 14.2. The molecule has 8 aromatic carbocycles. The molecule has 4 unspecified atom stereocenters. The summed E-state index contributed by atoms with van der Waals surface area (Å²) in [5.41, 5.74) is 9.12. The highest BCUT2D eigenvalue weighted by atomic mass is 19.2. The van der Waals surface area contributed by atoms with E-state index in [1.165, 1.54) is 75.1 Å². The summed E-state index contributed by atoms with van der Waals surface area (Å²) >= 11 is 0. The second-order valence-corrected chi connectivity index (χ2v) is 29.1. The lowest BCUT2D eigenvalue weighted by molar-refractivity contribution is 0.181. The molecule has 0 radical (unpaired) electrons. The third-order valence-corrected chi connectivity index (χ3v) is 20.7. The average Bonchev–Trinajstić information content (AvgIpc) is 1.67. The number of amides is 8. The molecule has 8 heterocycles. The third-order valence-electron chi connectivity index (χ3n) is 20.7. The zero-order valence-electron chi connectivity index (χ0n) is 65.6. The number of hydrogen-bond acceptors (Lipinski definition) is 14. The molecule has 618 valence electrons. The van der Waals surface area contributed by atoms with Crippen molar-refractivity contribution in [3.63, 3.8) is 0 Å². The van der Waals surface area contributed by atoms with Crippen molar-refractivity contribution in [1.29, 1.82) is 0 Å². The van der Waals surface area contributed by atoms with Crippen LogP contribution in [-0.2, 0) is 51.9 Å². The molecule has 16 rings (SSSR count). The van der Waals surface area contributed by atoms with Crippen molar-refractivity contribution in [1.82, 2.24) is 40.2 Å². The number of hydrogen-bond donors (Lipinski definition) is 4. The van der Waals surface area contributed by atoms with E-state index in [2.05, 4.69) is 41.9 Å². The first-order valence-corrected chi connectivity index (χ1v) is 37.4. The average molecular weight is 1650 g/mol. The minimum Gasteiger partial charge on any atom is -0.497 e. The number of ether oxygens (including phenoxy) is 2. The Kier molecular flexibility index (Phi) is 24.6. The molecule has 0 fully saturated rings. The Hall–Kier alpha value is -13.5. The third kappa shape index (κ3) is 18.1. The van der Waals surface area contributed by atoms with Gasteiger partial charge in [0.2, 0.25) is 0 Å². The molecule has 22 nitrogen and oxygen atoms in total. The van der Waals surface area contributed by atoms with Gasteiger partial charge < -0.3 is 68.4 Å². The molecular weight excluding hydrogens is 1570 g/mol. The van der Waals surface area contributed by atoms with Crippen LogP contribution in [0.15, 0.2) is 158 Å². The van der Waals surface area contributed by atoms with Crippen molar-refractivity contribution in [2.45, 2.75) is 131 Å². The van der Waals surface area contributed by atoms with Crippen LogP contribution < -0.4 is 30.7 Å². The fourth-order valence-corrected chi connectivity index (χ4v) is 14.3. The minimum absolute atomic E-state index is 0.0382. The standard InChI is InChI=1S/2C22H21F2N3O3.C21H17F4N3O2.C21H18F3N3O2/c1-12-7-15(10-18(23)20(12)24)25-22(28)27-11-17-19(8-13(27)2)26-30-21(17)14-5-4-6-16(9-14)29-3;1-12-8-14(10-17(23)20(12)24)25-22(28)27-11-16-18(9-13(27)2)26-30-21(16)15-6-4-5-7-19(15)29-3;1-10-5-13(8-17(24)19(10)25)26-21(29)28-9-15-18(6-11(28)2)27-30-20(15)14-4-3-12(22)7-16(14)23;1-11-7-15(9-17(23)19(11)24)25-21(28)27-10-16-18(8-12(27)2)26-29-20(16)13-3-5-14(22)6-4-13/h4-7,9-10,13H,8,11H2,1-3H3,(H,25,28);4-8,10,13H,9,11H2,1-3H3,(H,25,28);3-5,7-8,11H,6,9H2,1-2H3,(H,26,29);3-7,9,12H,8,10H2,1-2H3,(H,25,28). The smallest absolute Gasteiger partial charge is 0.322 e. The van der Waals surface area contributed by atoms with Gasteiger partial charge in [0, 0.05) is 136 Å². The normalized spacial score (nSPS) is 15.7. The van der Waals surface area contributed by atoms with Gasteiger partial charge in [0.25, 0.3) is 0 Å². The van der Waals surface area contributed by atoms with E-state index in [0.717, 1.165) is 81.3 Å². The quantitative estimate of drug-likeness (QED) is 0.0930. The zero-order chi connectivity index (χ0) is 85.1. The molecule has 4 N–H and O–H groups in total. The molecule has 12 aromatic rings. The minimum atomic E-state index is -1.06. The highest BCUT2D eigenvalue weighted by molar-refractivity contribution is 5.93. The number of methoxy groups -OCH3 is 2. The van der Waals surface area contributed by atoms with E-state index in [0.29, 0.717) is 71.3 Å². The molecule has 4 aromatic heterocycles. The number of aryl methyl sites for hydroxylation is 4. The Morgan fingerprint density at radius 2 is 0.689 bits per heavy atom. The van der Waals surface area contributed by atoms with Gasteiger partial charge in [-0.25, -0.2) is 67.5 Å². The molecule has 4 aliphatic heterocycles. The number of benzene rings is 8. The van der Waals surface area contributed by atoms with Crippen LogP contribution in [0.1, 0.15) is 95.0 Å². The lowest BCUT2D eigenvalue weighted by atomic mass is 9.97. The molecule has 4 aliphatic rings. The number of rotatable bonds is 10. The first-order valence-electron chi connectivity index (χ1n) is 37.4. The van der Waals surface area contributed by atoms with Crippen LogP contribution in [0.25, 0.3) is 45.3 Å². The Morgan fingerprint density at radius 3 is 1.04 bits per heavy atom. The predicted octanol–water partition coefficient (Wildman–Crippen LogP) is 20.1. The Bertz CT molecular complexity index is 5760. The molecule has 4 atom stereocenters. The van der Waals surface area contributed by atoms with Crippen molar-refractivity contribution in [3.8, 4) is 56.8 Å². The summed E-state index contributed by atoms with van der Waals surface area (Å²) in [5.74, 6) is -6.67. The Balaban J connectivity index is 0.000000137. The lowest BCUT2D eigenvalue weighted by Crippen LogP contribution is -2.44. The van der Waals surface area contributed by atoms with E-state index in [-0.39, 0.29) is 112 Å². The summed E-state index contributed by atoms with van der Waals surface area (Å²) in [7, 11) is 3.16. The number of para-hydroxylation sites is 1. The molecule has 33 heteroatoms. The predicted molar refractivity (Wildman–Crippen MR) is 416 cm³/mol. The van der Waals surface area contributed by atoms with E-state index < -0.39 is 82.3 Å². The van der Waals surface area contributed by atoms with Crippen molar-refractivity contribution in [2.24, 2.45) is 0 Å². The number of halogens is 11. The lowest BCUT2D eigenvalue weighted by Gasteiger charge is -2.32. The van der Waals surface area contributed by atoms with Crippen LogP contribution in [-0.4, -0.2) is 103 Å². The summed E-state index contributed by atoms with van der Waals surface area (Å²) < 4.78 is 182. The van der Waals surface area contributed by atoms with Gasteiger partial charge in [0.1, 0.15) is 29.0 Å². The second kappa shape index (κ2) is 35.1. The Morgan fingerprint density at radius 1 is 0.353 bits per heavy atom. The van der Waals surface area contributed by atoms with Crippen LogP contribution in [0, 0.1) is 91.7 Å². The SMILES string of the molecule is COc1cccc(-c2onc3c2CN(C(=O)Nc2cc(C)c(F)c(F)c2)C(C)C3)c1.COc1ccccc1-c1onc2c1CN(C(=O)Nc1cc(C)c(F)c(F)c1)C(C)C2.Cc1cc(NC(=O)N2Cc3c(noc3-c3ccc(F)cc3)CC2C)cc(F)c1F.Cc1cc(NC(=O)N2Cc3c(noc3-c3ccc(F)cc3F)CC2C)cc(F)c1F. The fraction of sp³-hybridized carbons (Fsp3) is 0.256. The van der Waals surface area contributed by atoms with Crippen molar-refractivity contribution >= 4 is 46.9 Å². The van der Waals surface area contributed by atoms with Gasteiger partial charge in [0.15, 0.2) is 69.6 Å². The van der Waals surface area contributed by atoms with E-state index >= 15 is 0 Å². The molecule has 0 saturated carbocycles. The number of nitrogens with zero attached hydrogens (tertiary/aromatic N) is 8. The molecular formula is C86H77F11N12O10. The van der Waals surface area contributed by atoms with Gasteiger partial charge >= 0.3 is 24.1 Å². The molecule has 8 amide bonds. The first-order chi connectivity index (χ1) is 56.8. The number of fused-ring (bicyclic) bond motifs is 4. The van der Waals surface area contributed by atoms with Gasteiger partial charge in [-0.3, -0.25) is 0 Å². The maximum absolute atomic E-state index is 14.2. The summed E-state index contributed by atoms with van der Waals surface area (Å²) in [6.45, 7) is 14.0. The van der Waals surface area contributed by atoms with E-state index in [9.17, 15) is 67.5 Å². The van der Waals surface area contributed by atoms with Crippen molar-refractivity contribution < 1.29 is 95.0 Å². The number of carbonyl (C=O) groups excluding carboxylic acids is 4. The largest absolute Gasteiger partial charge is 0.497 e. The molecule has 0 bridgehead atoms. The zero-order valence-corrected chi connectivity index (χ0v) is 65.6. The number of anilines is 4. The van der Waals surface area contributed by atoms with E-state index in [4.69, 9.17) is 27.6 Å². The number of aromatic nitrogens is 4. The molecule has 0 aliphatic carbocycles. The van der Waals surface area contributed by atoms with Gasteiger partial charge in [0.05, 0.1) is 74.3 Å². The number of carbonyl (C=O) groups is 4. The first kappa shape index (κ1) is 83.5. The van der Waals surface area contributed by atoms with E-state index in [1.807, 2.05) is 69.3 Å². The Labute approximate surface area is 673 Å². The van der Waals surface area contributed by atoms with Gasteiger partial charge in [-0.05, 0) is 163 Å². The molecule has 0 saturated heterocycles. The maximum Gasteiger partial charge on any atom is 0.322 e. The van der Waals surface area contributed by atoms with Crippen LogP contribution >= 0.6 is 0 Å². The number of nitrogens with one attached hydrogen (secondary N) is 4. The monoisotopic (exact) mass is 1650 g/mol. The van der Waals surface area contributed by atoms with Crippen LogP contribution in [0.3, 0.4) is 0 Å². The second-order valence-electron chi connectivity index (χ2n) is 29.1. The molecule has 0 spiro atoms. The van der Waals surface area contributed by atoms with Crippen molar-refractivity contribution in [2.75, 3.05) is 35.5 Å². The fourth-order valence-electron chi connectivity index (χ4n) is 14.3. The van der Waals surface area contributed by atoms with Crippen LogP contribution in [0.4, 0.5) is 90.2 Å². The summed E-state index contributed by atoms with van der Waals surface area (Å²) in [5, 5.41) is 26.9. The molecule has 119 heavy (non-hydrogen) atoms. The topological polar surface area (TPSA) is 252 Å². The van der Waals surface area contributed by atoms with Gasteiger partial charge in [-0.15, -0.1) is 0 Å². The van der Waals surface area contributed by atoms with Crippen molar-refractivity contribution in [3.05, 3.63) is 271 Å². The highest BCUT2D eigenvalue weighted by Crippen LogP contribution is 2.41. The van der Waals surface area contributed by atoms with Gasteiger partial charge in [-0.2, -0.15) is 0 Å². The summed E-state index contributed by atoms with van der Waals surface area (Å²) in [4.78, 5) is 57.7. The number of urea groups is 4. The van der Waals surface area contributed by atoms with E-state index in [1.54, 1.807) is 48.0 Å². The summed E-state index contributed by atoms with van der Waals surface area (Å²) in [6.07, 6.45) is 1.86. The van der Waals surface area contributed by atoms with Crippen LogP contribution in [0.5, 0.6) is 11.5 Å². The van der Waals surface area contributed by atoms with Crippen LogP contribution in [0.2, 0.25) is 0 Å².